The van der Waals surface area contributed by atoms with Crippen LogP contribution in [0.15, 0.2) is 4.52 Å². The molecule has 0 saturated heterocycles. The smallest absolute Gasteiger partial charge is 0.225 e. The van der Waals surface area contributed by atoms with E-state index in [4.69, 9.17) is 4.52 Å². The van der Waals surface area contributed by atoms with Gasteiger partial charge in [-0.25, -0.2) is 0 Å². The van der Waals surface area contributed by atoms with E-state index in [1.807, 2.05) is 34.6 Å². The lowest BCUT2D eigenvalue weighted by Gasteiger charge is -2.17. The average Bonchev–Trinajstić information content (AvgIpc) is 2.47. The highest BCUT2D eigenvalue weighted by molar-refractivity contribution is 5.81. The number of hydrogen-bond donors (Lipinski definition) is 1. The first-order valence-electron chi connectivity index (χ1n) is 5.52. The molecule has 1 aromatic heterocycles. The summed E-state index contributed by atoms with van der Waals surface area (Å²) in [5.41, 5.74) is 1.66. The number of rotatable bonds is 3. The van der Waals surface area contributed by atoms with E-state index in [1.54, 1.807) is 0 Å². The highest BCUT2D eigenvalue weighted by atomic mass is 16.5. The molecule has 0 saturated carbocycles. The molecular formula is C12H20N2O2. The van der Waals surface area contributed by atoms with E-state index in [-0.39, 0.29) is 11.3 Å². The maximum absolute atomic E-state index is 11.6. The zero-order chi connectivity index (χ0) is 12.3. The number of aryl methyl sites for hydroxylation is 2. The molecule has 0 fully saturated rings. The van der Waals surface area contributed by atoms with Gasteiger partial charge in [-0.1, -0.05) is 25.9 Å². The molecule has 1 N–H and O–H groups in total. The molecule has 0 aliphatic heterocycles. The first-order valence-corrected chi connectivity index (χ1v) is 5.52. The Hall–Kier alpha value is -1.32. The minimum absolute atomic E-state index is 0.0688. The van der Waals surface area contributed by atoms with Gasteiger partial charge in [0.15, 0.2) is 0 Å². The Bertz CT molecular complexity index is 355. The fourth-order valence-electron chi connectivity index (χ4n) is 1.43. The first-order chi connectivity index (χ1) is 7.32. The summed E-state index contributed by atoms with van der Waals surface area (Å²) in [5, 5.41) is 6.78. The van der Waals surface area contributed by atoms with Crippen LogP contribution in [0.3, 0.4) is 0 Å². The molecule has 0 radical (unpaired) electrons. The summed E-state index contributed by atoms with van der Waals surface area (Å²) in [6, 6.07) is 0. The molecule has 4 heteroatoms. The Kier molecular flexibility index (Phi) is 3.73. The number of hydrogen-bond acceptors (Lipinski definition) is 3. The molecule has 1 aromatic rings. The van der Waals surface area contributed by atoms with E-state index in [0.29, 0.717) is 6.54 Å². The second-order valence-corrected chi connectivity index (χ2v) is 5.06. The van der Waals surface area contributed by atoms with E-state index in [9.17, 15) is 4.79 Å². The number of carbonyl (C=O) groups excluding carboxylic acids is 1. The Labute approximate surface area is 96.4 Å². The summed E-state index contributed by atoms with van der Waals surface area (Å²) in [6.07, 6.45) is 0.767. The van der Waals surface area contributed by atoms with Crippen LogP contribution in [0.2, 0.25) is 0 Å². The van der Waals surface area contributed by atoms with Crippen LogP contribution in [-0.4, -0.2) is 17.6 Å². The monoisotopic (exact) mass is 224 g/mol. The van der Waals surface area contributed by atoms with Gasteiger partial charge in [0.2, 0.25) is 5.91 Å². The van der Waals surface area contributed by atoms with Crippen LogP contribution in [0.25, 0.3) is 0 Å². The molecule has 4 nitrogen and oxygen atoms in total. The van der Waals surface area contributed by atoms with Crippen LogP contribution >= 0.6 is 0 Å². The predicted molar refractivity (Wildman–Crippen MR) is 62.1 cm³/mol. The van der Waals surface area contributed by atoms with Gasteiger partial charge in [0.05, 0.1) is 5.69 Å². The molecule has 16 heavy (non-hydrogen) atoms. The Balaban J connectivity index is 2.46. The van der Waals surface area contributed by atoms with E-state index >= 15 is 0 Å². The average molecular weight is 224 g/mol. The van der Waals surface area contributed by atoms with Gasteiger partial charge >= 0.3 is 0 Å². The van der Waals surface area contributed by atoms with Gasteiger partial charge < -0.3 is 9.84 Å². The Morgan fingerprint density at radius 3 is 2.44 bits per heavy atom. The van der Waals surface area contributed by atoms with Crippen molar-refractivity contribution >= 4 is 5.91 Å². The van der Waals surface area contributed by atoms with E-state index in [2.05, 4.69) is 10.5 Å². The molecule has 1 heterocycles. The van der Waals surface area contributed by atoms with Crippen molar-refractivity contribution in [1.29, 1.82) is 0 Å². The van der Waals surface area contributed by atoms with E-state index < -0.39 is 0 Å². The third kappa shape index (κ3) is 3.08. The normalized spacial score (nSPS) is 11.6. The number of nitrogens with one attached hydrogen (secondary N) is 1. The van der Waals surface area contributed by atoms with Gasteiger partial charge in [0.1, 0.15) is 5.76 Å². The third-order valence-electron chi connectivity index (χ3n) is 2.52. The molecule has 1 amide bonds. The number of amides is 1. The van der Waals surface area contributed by atoms with Gasteiger partial charge in [0, 0.05) is 17.5 Å². The van der Waals surface area contributed by atoms with Crippen LogP contribution in [0.1, 0.15) is 37.8 Å². The molecule has 0 aromatic carbocycles. The molecule has 90 valence electrons. The second kappa shape index (κ2) is 4.68. The van der Waals surface area contributed by atoms with E-state index in [1.165, 1.54) is 0 Å². The standard InChI is InChI=1S/C12H20N2O2/c1-8-10(9(2)16-14-8)6-7-13-11(15)12(3,4)5/h6-7H2,1-5H3,(H,13,15). The highest BCUT2D eigenvalue weighted by Gasteiger charge is 2.20. The van der Waals surface area contributed by atoms with Crippen molar-refractivity contribution in [1.82, 2.24) is 10.5 Å². The molecule has 1 rings (SSSR count). The lowest BCUT2D eigenvalue weighted by molar-refractivity contribution is -0.128. The van der Waals surface area contributed by atoms with Crippen molar-refractivity contribution in [2.24, 2.45) is 5.41 Å². The van der Waals surface area contributed by atoms with Gasteiger partial charge in [-0.2, -0.15) is 0 Å². The minimum Gasteiger partial charge on any atom is -0.361 e. The number of nitrogens with zero attached hydrogens (tertiary/aromatic N) is 1. The Morgan fingerprint density at radius 2 is 2.00 bits per heavy atom. The van der Waals surface area contributed by atoms with Crippen molar-refractivity contribution in [3.63, 3.8) is 0 Å². The Morgan fingerprint density at radius 1 is 1.38 bits per heavy atom. The maximum Gasteiger partial charge on any atom is 0.225 e. The van der Waals surface area contributed by atoms with Crippen LogP contribution in [-0.2, 0) is 11.2 Å². The molecular weight excluding hydrogens is 204 g/mol. The second-order valence-electron chi connectivity index (χ2n) is 5.06. The largest absolute Gasteiger partial charge is 0.361 e. The predicted octanol–water partition coefficient (Wildman–Crippen LogP) is 2.00. The maximum atomic E-state index is 11.6. The molecule has 0 unspecified atom stereocenters. The third-order valence-corrected chi connectivity index (χ3v) is 2.52. The van der Waals surface area contributed by atoms with Gasteiger partial charge in [-0.3, -0.25) is 4.79 Å². The zero-order valence-electron chi connectivity index (χ0n) is 10.7. The molecule has 0 bridgehead atoms. The summed E-state index contributed by atoms with van der Waals surface area (Å²) in [6.45, 7) is 10.1. The molecule has 0 aliphatic carbocycles. The van der Waals surface area contributed by atoms with Crippen molar-refractivity contribution in [2.45, 2.75) is 41.0 Å². The van der Waals surface area contributed by atoms with E-state index in [0.717, 1.165) is 23.4 Å². The van der Waals surface area contributed by atoms with Crippen LogP contribution in [0.5, 0.6) is 0 Å². The van der Waals surface area contributed by atoms with Crippen LogP contribution in [0.4, 0.5) is 0 Å². The molecule has 0 atom stereocenters. The molecule has 0 spiro atoms. The van der Waals surface area contributed by atoms with Crippen LogP contribution in [0, 0.1) is 19.3 Å². The number of carbonyl (C=O) groups is 1. The topological polar surface area (TPSA) is 55.1 Å². The summed E-state index contributed by atoms with van der Waals surface area (Å²) >= 11 is 0. The fraction of sp³-hybridized carbons (Fsp3) is 0.667. The summed E-state index contributed by atoms with van der Waals surface area (Å²) in [7, 11) is 0. The van der Waals surface area contributed by atoms with Gasteiger partial charge in [-0.05, 0) is 20.3 Å². The quantitative estimate of drug-likeness (QED) is 0.854. The minimum atomic E-state index is -0.335. The van der Waals surface area contributed by atoms with Crippen LogP contribution < -0.4 is 5.32 Å². The lowest BCUT2D eigenvalue weighted by Crippen LogP contribution is -2.36. The van der Waals surface area contributed by atoms with Gasteiger partial charge in [-0.15, -0.1) is 0 Å². The van der Waals surface area contributed by atoms with Crippen molar-refractivity contribution in [3.05, 3.63) is 17.0 Å². The summed E-state index contributed by atoms with van der Waals surface area (Å²) < 4.78 is 5.06. The highest BCUT2D eigenvalue weighted by Crippen LogP contribution is 2.14. The number of aromatic nitrogens is 1. The van der Waals surface area contributed by atoms with Crippen molar-refractivity contribution < 1.29 is 9.32 Å². The van der Waals surface area contributed by atoms with Crippen molar-refractivity contribution in [3.8, 4) is 0 Å². The first kappa shape index (κ1) is 12.7. The summed E-state index contributed by atoms with van der Waals surface area (Å²) in [5.74, 6) is 0.904. The van der Waals surface area contributed by atoms with Gasteiger partial charge in [0.25, 0.3) is 0 Å². The SMILES string of the molecule is Cc1noc(C)c1CCNC(=O)C(C)(C)C. The lowest BCUT2D eigenvalue weighted by atomic mass is 9.95. The fourth-order valence-corrected chi connectivity index (χ4v) is 1.43. The molecule has 0 aliphatic rings. The zero-order valence-corrected chi connectivity index (χ0v) is 10.7. The van der Waals surface area contributed by atoms with Crippen molar-refractivity contribution in [2.75, 3.05) is 6.54 Å². The summed E-state index contributed by atoms with van der Waals surface area (Å²) in [4.78, 5) is 11.6.